The molecule has 23 heavy (non-hydrogen) atoms. The first kappa shape index (κ1) is 15.3. The van der Waals surface area contributed by atoms with Crippen LogP contribution in [0.15, 0.2) is 45.6 Å². The molecule has 1 aromatic heterocycles. The first-order chi connectivity index (χ1) is 11.0. The number of fused-ring (bicyclic) bond motifs is 1. The van der Waals surface area contributed by atoms with E-state index in [9.17, 15) is 9.59 Å². The van der Waals surface area contributed by atoms with Gasteiger partial charge in [-0.3, -0.25) is 4.79 Å². The molecule has 0 saturated heterocycles. The van der Waals surface area contributed by atoms with Crippen molar-refractivity contribution in [1.82, 2.24) is 0 Å². The molecule has 0 bridgehead atoms. The van der Waals surface area contributed by atoms with Gasteiger partial charge >= 0.3 is 4.94 Å². The molecule has 0 aliphatic carbocycles. The van der Waals surface area contributed by atoms with Crippen molar-refractivity contribution in [3.63, 3.8) is 0 Å². The van der Waals surface area contributed by atoms with Crippen molar-refractivity contribution in [2.24, 2.45) is 0 Å². The molecule has 118 valence electrons. The summed E-state index contributed by atoms with van der Waals surface area (Å²) in [4.78, 5) is 23.1. The van der Waals surface area contributed by atoms with Crippen LogP contribution in [0.4, 0.5) is 5.69 Å². The first-order valence-corrected chi connectivity index (χ1v) is 7.88. The number of carbonyl (C=O) groups excluding carboxylic acids is 1. The second-order valence-electron chi connectivity index (χ2n) is 5.11. The number of aryl methyl sites for hydroxylation is 1. The van der Waals surface area contributed by atoms with Crippen molar-refractivity contribution in [3.8, 4) is 5.75 Å². The van der Waals surface area contributed by atoms with Gasteiger partial charge in [0.25, 0.3) is 5.91 Å². The summed E-state index contributed by atoms with van der Waals surface area (Å²) in [6.07, 6.45) is 0. The summed E-state index contributed by atoms with van der Waals surface area (Å²) in [6, 6.07) is 10.9. The molecule has 0 fully saturated rings. The number of benzene rings is 2. The number of hydrogen-bond donors (Lipinski definition) is 1. The lowest BCUT2D eigenvalue weighted by Crippen LogP contribution is -2.20. The first-order valence-electron chi connectivity index (χ1n) is 7.06. The number of ether oxygens (including phenoxy) is 1. The molecule has 2 aromatic carbocycles. The predicted molar refractivity (Wildman–Crippen MR) is 90.4 cm³/mol. The van der Waals surface area contributed by atoms with Gasteiger partial charge in [0.1, 0.15) is 5.75 Å². The maximum absolute atomic E-state index is 12.1. The van der Waals surface area contributed by atoms with Gasteiger partial charge in [-0.05, 0) is 43.2 Å². The van der Waals surface area contributed by atoms with Crippen LogP contribution in [0.1, 0.15) is 11.1 Å². The van der Waals surface area contributed by atoms with Crippen molar-refractivity contribution >= 4 is 33.2 Å². The molecule has 0 radical (unpaired) electrons. The van der Waals surface area contributed by atoms with Crippen LogP contribution in [0.25, 0.3) is 10.3 Å². The van der Waals surface area contributed by atoms with Gasteiger partial charge in [0.2, 0.25) is 0 Å². The molecule has 0 unspecified atom stereocenters. The van der Waals surface area contributed by atoms with E-state index in [0.29, 0.717) is 17.0 Å². The molecule has 0 aliphatic heterocycles. The van der Waals surface area contributed by atoms with E-state index in [1.807, 2.05) is 32.0 Å². The summed E-state index contributed by atoms with van der Waals surface area (Å²) >= 11 is 1.02. The summed E-state index contributed by atoms with van der Waals surface area (Å²) in [5, 5.41) is 2.82. The Morgan fingerprint density at radius 1 is 1.22 bits per heavy atom. The highest BCUT2D eigenvalue weighted by Crippen LogP contribution is 2.29. The Bertz CT molecular complexity index is 911. The molecule has 3 rings (SSSR count). The second kappa shape index (κ2) is 6.26. The van der Waals surface area contributed by atoms with Crippen LogP contribution in [0.2, 0.25) is 0 Å². The minimum Gasteiger partial charge on any atom is -0.484 e. The number of para-hydroxylation sites is 1. The predicted octanol–water partition coefficient (Wildman–Crippen LogP) is 3.49. The molecule has 1 N–H and O–H groups in total. The van der Waals surface area contributed by atoms with Crippen LogP contribution in [0, 0.1) is 13.8 Å². The zero-order valence-corrected chi connectivity index (χ0v) is 13.5. The highest BCUT2D eigenvalue weighted by atomic mass is 32.1. The molecule has 0 spiro atoms. The third-order valence-corrected chi connectivity index (χ3v) is 4.35. The van der Waals surface area contributed by atoms with Crippen LogP contribution in [-0.4, -0.2) is 12.5 Å². The number of amides is 1. The van der Waals surface area contributed by atoms with E-state index in [0.717, 1.165) is 27.2 Å². The highest BCUT2D eigenvalue weighted by molar-refractivity contribution is 7.16. The Labute approximate surface area is 136 Å². The molecule has 6 heteroatoms. The lowest BCUT2D eigenvalue weighted by molar-refractivity contribution is -0.118. The molecule has 3 aromatic rings. The van der Waals surface area contributed by atoms with Gasteiger partial charge in [0.15, 0.2) is 12.2 Å². The number of anilines is 1. The molecular formula is C17H15NO4S. The van der Waals surface area contributed by atoms with Crippen molar-refractivity contribution in [2.45, 2.75) is 13.8 Å². The molecule has 0 atom stereocenters. The zero-order chi connectivity index (χ0) is 16.4. The Morgan fingerprint density at radius 2 is 1.96 bits per heavy atom. The number of carbonyl (C=O) groups is 1. The van der Waals surface area contributed by atoms with Crippen LogP contribution >= 0.6 is 11.3 Å². The normalized spacial score (nSPS) is 10.7. The van der Waals surface area contributed by atoms with E-state index in [2.05, 4.69) is 5.32 Å². The fourth-order valence-corrected chi connectivity index (χ4v) is 3.01. The van der Waals surface area contributed by atoms with Gasteiger partial charge in [0.05, 0.1) is 4.70 Å². The van der Waals surface area contributed by atoms with Crippen LogP contribution < -0.4 is 15.0 Å². The molecule has 1 amide bonds. The summed E-state index contributed by atoms with van der Waals surface area (Å²) in [5.41, 5.74) is 2.96. The standard InChI is InChI=1S/C17H15NO4S/c1-10-11(2)16-14(23-17(20)22-16)8-13(10)18-15(19)9-21-12-6-4-3-5-7-12/h3-8H,9H2,1-2H3,(H,18,19). The largest absolute Gasteiger partial charge is 0.484 e. The Kier molecular flexibility index (Phi) is 4.16. The zero-order valence-electron chi connectivity index (χ0n) is 12.7. The lowest BCUT2D eigenvalue weighted by atomic mass is 10.1. The number of rotatable bonds is 4. The van der Waals surface area contributed by atoms with Crippen molar-refractivity contribution in [2.75, 3.05) is 11.9 Å². The molecule has 0 aliphatic rings. The molecule has 1 heterocycles. The van der Waals surface area contributed by atoms with Crippen LogP contribution in [-0.2, 0) is 4.79 Å². The average molecular weight is 329 g/mol. The molecular weight excluding hydrogens is 314 g/mol. The van der Waals surface area contributed by atoms with Crippen molar-refractivity contribution < 1.29 is 13.9 Å². The van der Waals surface area contributed by atoms with Gasteiger partial charge in [-0.1, -0.05) is 29.5 Å². The summed E-state index contributed by atoms with van der Waals surface area (Å²) in [7, 11) is 0. The van der Waals surface area contributed by atoms with Crippen molar-refractivity contribution in [3.05, 3.63) is 57.3 Å². The average Bonchev–Trinajstić information content (AvgIpc) is 2.92. The molecule has 5 nitrogen and oxygen atoms in total. The SMILES string of the molecule is Cc1c(NC(=O)COc2ccccc2)cc2sc(=O)oc2c1C. The highest BCUT2D eigenvalue weighted by Gasteiger charge is 2.14. The van der Waals surface area contributed by atoms with E-state index in [1.54, 1.807) is 18.2 Å². The summed E-state index contributed by atoms with van der Waals surface area (Å²) in [5.74, 6) is 0.380. The van der Waals surface area contributed by atoms with E-state index in [1.165, 1.54) is 0 Å². The quantitative estimate of drug-likeness (QED) is 0.795. The fraction of sp³-hybridized carbons (Fsp3) is 0.176. The smallest absolute Gasteiger partial charge is 0.396 e. The maximum Gasteiger partial charge on any atom is 0.396 e. The number of hydrogen-bond acceptors (Lipinski definition) is 5. The minimum atomic E-state index is -0.349. The van der Waals surface area contributed by atoms with E-state index < -0.39 is 0 Å². The summed E-state index contributed by atoms with van der Waals surface area (Å²) < 4.78 is 11.3. The van der Waals surface area contributed by atoms with Crippen molar-refractivity contribution in [1.29, 1.82) is 0 Å². The van der Waals surface area contributed by atoms with Crippen LogP contribution in [0.3, 0.4) is 0 Å². The van der Waals surface area contributed by atoms with E-state index >= 15 is 0 Å². The maximum atomic E-state index is 12.1. The Balaban J connectivity index is 1.77. The van der Waals surface area contributed by atoms with Gasteiger partial charge < -0.3 is 14.5 Å². The Morgan fingerprint density at radius 3 is 2.70 bits per heavy atom. The summed E-state index contributed by atoms with van der Waals surface area (Å²) in [6.45, 7) is 3.66. The third-order valence-electron chi connectivity index (χ3n) is 3.57. The molecule has 0 saturated carbocycles. The van der Waals surface area contributed by atoms with Gasteiger partial charge in [0, 0.05) is 5.69 Å². The van der Waals surface area contributed by atoms with E-state index in [4.69, 9.17) is 9.15 Å². The minimum absolute atomic E-state index is 0.0812. The lowest BCUT2D eigenvalue weighted by Gasteiger charge is -2.11. The number of nitrogens with one attached hydrogen (secondary N) is 1. The van der Waals surface area contributed by atoms with Gasteiger partial charge in [-0.15, -0.1) is 0 Å². The second-order valence-corrected chi connectivity index (χ2v) is 6.08. The van der Waals surface area contributed by atoms with Gasteiger partial charge in [-0.2, -0.15) is 0 Å². The third kappa shape index (κ3) is 3.27. The fourth-order valence-electron chi connectivity index (χ4n) is 2.24. The monoisotopic (exact) mass is 329 g/mol. The van der Waals surface area contributed by atoms with Gasteiger partial charge in [-0.25, -0.2) is 4.79 Å². The van der Waals surface area contributed by atoms with E-state index in [-0.39, 0.29) is 17.5 Å². The van der Waals surface area contributed by atoms with Crippen LogP contribution in [0.5, 0.6) is 5.75 Å². The topological polar surface area (TPSA) is 68.5 Å². The Hall–Kier alpha value is -2.60.